The molecule has 0 unspecified atom stereocenters. The first kappa shape index (κ1) is 22.4. The summed E-state index contributed by atoms with van der Waals surface area (Å²) in [5.41, 5.74) is 0. The molecule has 5 nitrogen and oxygen atoms in total. The van der Waals surface area contributed by atoms with Crippen molar-refractivity contribution < 1.29 is 14.3 Å². The van der Waals surface area contributed by atoms with Gasteiger partial charge in [-0.1, -0.05) is 20.3 Å². The van der Waals surface area contributed by atoms with E-state index in [0.29, 0.717) is 6.42 Å². The maximum absolute atomic E-state index is 11.0. The van der Waals surface area contributed by atoms with Gasteiger partial charge in [-0.2, -0.15) is 0 Å². The van der Waals surface area contributed by atoms with Crippen molar-refractivity contribution in [1.29, 1.82) is 0 Å². The van der Waals surface area contributed by atoms with E-state index in [4.69, 9.17) is 9.47 Å². The molecular formula is C18H38N2O3. The second-order valence-electron chi connectivity index (χ2n) is 5.61. The van der Waals surface area contributed by atoms with Crippen LogP contribution in [0.3, 0.4) is 0 Å². The number of carbonyl (C=O) groups is 1. The Morgan fingerprint density at radius 1 is 0.913 bits per heavy atom. The highest BCUT2D eigenvalue weighted by Gasteiger charge is 2.08. The first-order chi connectivity index (χ1) is 11.3. The fourth-order valence-electron chi connectivity index (χ4n) is 2.46. The predicted octanol–water partition coefficient (Wildman–Crippen LogP) is 2.84. The van der Waals surface area contributed by atoms with Crippen molar-refractivity contribution >= 4 is 5.91 Å². The van der Waals surface area contributed by atoms with Crippen LogP contribution in [0.1, 0.15) is 58.8 Å². The summed E-state index contributed by atoms with van der Waals surface area (Å²) >= 11 is 0. The van der Waals surface area contributed by atoms with E-state index < -0.39 is 0 Å². The van der Waals surface area contributed by atoms with E-state index in [2.05, 4.69) is 10.2 Å². The summed E-state index contributed by atoms with van der Waals surface area (Å²) in [6.07, 6.45) is 7.46. The van der Waals surface area contributed by atoms with Crippen LogP contribution in [-0.4, -0.2) is 63.9 Å². The number of nitrogens with one attached hydrogen (secondary N) is 1. The number of amides is 1. The van der Waals surface area contributed by atoms with Crippen molar-refractivity contribution in [3.8, 4) is 0 Å². The lowest BCUT2D eigenvalue weighted by molar-refractivity contribution is -0.120. The molecule has 1 aliphatic rings. The van der Waals surface area contributed by atoms with Crippen LogP contribution in [0.5, 0.6) is 0 Å². The molecule has 0 bridgehead atoms. The van der Waals surface area contributed by atoms with Gasteiger partial charge in [0.15, 0.2) is 0 Å². The Bertz CT molecular complexity index is 257. The average molecular weight is 331 g/mol. The molecule has 0 radical (unpaired) electrons. The van der Waals surface area contributed by atoms with Crippen LogP contribution >= 0.6 is 0 Å². The van der Waals surface area contributed by atoms with Gasteiger partial charge in [0.25, 0.3) is 0 Å². The molecule has 0 aliphatic carbocycles. The molecule has 0 saturated carbocycles. The second-order valence-corrected chi connectivity index (χ2v) is 5.61. The first-order valence-corrected chi connectivity index (χ1v) is 9.41. The van der Waals surface area contributed by atoms with E-state index >= 15 is 0 Å². The molecule has 0 atom stereocenters. The topological polar surface area (TPSA) is 50.8 Å². The van der Waals surface area contributed by atoms with Crippen LogP contribution in [0, 0.1) is 0 Å². The number of carbonyl (C=O) groups excluding carboxylic acids is 1. The highest BCUT2D eigenvalue weighted by atomic mass is 16.5. The lowest BCUT2D eigenvalue weighted by Crippen LogP contribution is -2.32. The molecular weight excluding hydrogens is 292 g/mol. The molecule has 23 heavy (non-hydrogen) atoms. The fraction of sp³-hybridized carbons (Fsp3) is 0.944. The zero-order chi connectivity index (χ0) is 17.2. The standard InChI is InChI=1S/C16H32N2O3.C2H6/c1-17-16(19)8-3-6-12-20-13-7-14-21-15-11-18-9-4-2-5-10-18;1-2/h2-15H2,1H3,(H,17,19);1-2H3. The fourth-order valence-corrected chi connectivity index (χ4v) is 2.46. The molecule has 0 spiro atoms. The number of hydrogen-bond donors (Lipinski definition) is 1. The number of hydrogen-bond acceptors (Lipinski definition) is 4. The van der Waals surface area contributed by atoms with E-state index in [1.807, 2.05) is 13.8 Å². The quantitative estimate of drug-likeness (QED) is 0.559. The minimum Gasteiger partial charge on any atom is -0.381 e. The van der Waals surface area contributed by atoms with Gasteiger partial charge >= 0.3 is 0 Å². The van der Waals surface area contributed by atoms with Crippen molar-refractivity contribution in [3.63, 3.8) is 0 Å². The van der Waals surface area contributed by atoms with Crippen molar-refractivity contribution in [3.05, 3.63) is 0 Å². The molecule has 1 heterocycles. The third kappa shape index (κ3) is 14.7. The highest BCUT2D eigenvalue weighted by molar-refractivity contribution is 5.75. The van der Waals surface area contributed by atoms with Crippen molar-refractivity contribution in [1.82, 2.24) is 10.2 Å². The van der Waals surface area contributed by atoms with Gasteiger partial charge in [0.2, 0.25) is 5.91 Å². The molecule has 1 amide bonds. The minimum absolute atomic E-state index is 0.108. The van der Waals surface area contributed by atoms with Gasteiger partial charge in [0.1, 0.15) is 0 Å². The van der Waals surface area contributed by atoms with E-state index in [-0.39, 0.29) is 5.91 Å². The summed E-state index contributed by atoms with van der Waals surface area (Å²) in [7, 11) is 1.67. The first-order valence-electron chi connectivity index (χ1n) is 9.41. The molecule has 1 fully saturated rings. The molecule has 5 heteroatoms. The van der Waals surface area contributed by atoms with Gasteiger partial charge in [-0.05, 0) is 45.2 Å². The Morgan fingerprint density at radius 3 is 2.17 bits per heavy atom. The summed E-state index contributed by atoms with van der Waals surface area (Å²) in [6, 6.07) is 0. The largest absolute Gasteiger partial charge is 0.381 e. The van der Waals surface area contributed by atoms with Gasteiger partial charge in [0.05, 0.1) is 6.61 Å². The maximum atomic E-state index is 11.0. The number of ether oxygens (including phenoxy) is 2. The van der Waals surface area contributed by atoms with Crippen molar-refractivity contribution in [2.45, 2.75) is 58.8 Å². The normalized spacial score (nSPS) is 14.9. The molecule has 1 saturated heterocycles. The van der Waals surface area contributed by atoms with Gasteiger partial charge in [0, 0.05) is 39.8 Å². The van der Waals surface area contributed by atoms with Crippen LogP contribution in [0.4, 0.5) is 0 Å². The van der Waals surface area contributed by atoms with Crippen LogP contribution in [0.15, 0.2) is 0 Å². The zero-order valence-corrected chi connectivity index (χ0v) is 15.6. The van der Waals surface area contributed by atoms with Gasteiger partial charge in [-0.25, -0.2) is 0 Å². The average Bonchev–Trinajstić information content (AvgIpc) is 2.62. The molecule has 1 N–H and O–H groups in total. The van der Waals surface area contributed by atoms with Crippen molar-refractivity contribution in [2.24, 2.45) is 0 Å². The Labute approximate surface area is 143 Å². The van der Waals surface area contributed by atoms with Crippen LogP contribution in [-0.2, 0) is 14.3 Å². The summed E-state index contributed by atoms with van der Waals surface area (Å²) in [5, 5.41) is 2.62. The molecule has 1 aliphatic heterocycles. The minimum atomic E-state index is 0.108. The Hall–Kier alpha value is -0.650. The van der Waals surface area contributed by atoms with E-state index in [1.165, 1.54) is 32.4 Å². The summed E-state index contributed by atoms with van der Waals surface area (Å²) in [5.74, 6) is 0.108. The predicted molar refractivity (Wildman–Crippen MR) is 95.8 cm³/mol. The maximum Gasteiger partial charge on any atom is 0.219 e. The number of unbranched alkanes of at least 4 members (excludes halogenated alkanes) is 1. The van der Waals surface area contributed by atoms with E-state index in [1.54, 1.807) is 7.05 Å². The van der Waals surface area contributed by atoms with Gasteiger partial charge in [-0.15, -0.1) is 0 Å². The van der Waals surface area contributed by atoms with Crippen LogP contribution < -0.4 is 5.32 Å². The zero-order valence-electron chi connectivity index (χ0n) is 15.6. The number of rotatable bonds is 12. The Morgan fingerprint density at radius 2 is 1.52 bits per heavy atom. The number of likely N-dealkylation sites (tertiary alicyclic amines) is 1. The molecule has 0 aromatic rings. The van der Waals surface area contributed by atoms with E-state index in [0.717, 1.165) is 52.2 Å². The summed E-state index contributed by atoms with van der Waals surface area (Å²) < 4.78 is 11.2. The molecule has 1 rings (SSSR count). The van der Waals surface area contributed by atoms with Crippen molar-refractivity contribution in [2.75, 3.05) is 53.1 Å². The third-order valence-electron chi connectivity index (χ3n) is 3.80. The molecule has 138 valence electrons. The van der Waals surface area contributed by atoms with Gasteiger partial charge in [-0.3, -0.25) is 4.79 Å². The number of piperidine rings is 1. The Balaban J connectivity index is 0.00000232. The second kappa shape index (κ2) is 17.7. The van der Waals surface area contributed by atoms with Crippen LogP contribution in [0.2, 0.25) is 0 Å². The summed E-state index contributed by atoms with van der Waals surface area (Å²) in [6.45, 7) is 10.7. The van der Waals surface area contributed by atoms with E-state index in [9.17, 15) is 4.79 Å². The van der Waals surface area contributed by atoms with Gasteiger partial charge < -0.3 is 19.7 Å². The third-order valence-corrected chi connectivity index (χ3v) is 3.80. The SMILES string of the molecule is CC.CNC(=O)CCCCOCCCOCCN1CCCCC1. The smallest absolute Gasteiger partial charge is 0.219 e. The molecule has 0 aromatic carbocycles. The Kier molecular flexibility index (Phi) is 17.2. The van der Waals surface area contributed by atoms with Crippen LogP contribution in [0.25, 0.3) is 0 Å². The highest BCUT2D eigenvalue weighted by Crippen LogP contribution is 2.07. The summed E-state index contributed by atoms with van der Waals surface area (Å²) in [4.78, 5) is 13.5. The lowest BCUT2D eigenvalue weighted by Gasteiger charge is -2.26. The number of nitrogens with zero attached hydrogens (tertiary/aromatic N) is 1. The lowest BCUT2D eigenvalue weighted by atomic mass is 10.1. The monoisotopic (exact) mass is 330 g/mol. The molecule has 0 aromatic heterocycles.